The third-order valence-electron chi connectivity index (χ3n) is 4.15. The third-order valence-corrected chi connectivity index (χ3v) is 4.15. The van der Waals surface area contributed by atoms with Crippen molar-refractivity contribution >= 4 is 18.1 Å². The zero-order valence-electron chi connectivity index (χ0n) is 16.3. The van der Waals surface area contributed by atoms with E-state index in [9.17, 15) is 14.4 Å². The second kappa shape index (κ2) is 9.60. The second-order valence-corrected chi connectivity index (χ2v) is 8.26. The van der Waals surface area contributed by atoms with Gasteiger partial charge in [0.1, 0.15) is 6.29 Å². The first kappa shape index (κ1) is 22.4. The number of likely N-dealkylation sites (N-methyl/N-ethyl adjacent to an activating group) is 1. The smallest absolute Gasteiger partial charge is 0.246 e. The fourth-order valence-electron chi connectivity index (χ4n) is 2.88. The lowest BCUT2D eigenvalue weighted by Crippen LogP contribution is -2.47. The highest BCUT2D eigenvalue weighted by atomic mass is 16.2. The average Bonchev–Trinajstić information content (AvgIpc) is 2.41. The van der Waals surface area contributed by atoms with Crippen LogP contribution in [0.3, 0.4) is 0 Å². The molecular weight excluding hydrogens is 304 g/mol. The van der Waals surface area contributed by atoms with E-state index in [1.807, 2.05) is 27.7 Å². The Balaban J connectivity index is 4.69. The Bertz CT molecular complexity index is 465. The first-order valence-corrected chi connectivity index (χ1v) is 8.57. The number of rotatable bonds is 10. The normalized spacial score (nSPS) is 12.5. The number of aldehydes is 1. The maximum atomic E-state index is 12.1. The summed E-state index contributed by atoms with van der Waals surface area (Å²) in [6.45, 7) is 13.0. The molecule has 24 heavy (non-hydrogen) atoms. The van der Waals surface area contributed by atoms with Gasteiger partial charge in [-0.1, -0.05) is 27.7 Å². The lowest BCUT2D eigenvalue weighted by Gasteiger charge is -2.41. The highest BCUT2D eigenvalue weighted by molar-refractivity contribution is 5.91. The van der Waals surface area contributed by atoms with Crippen molar-refractivity contribution in [3.05, 3.63) is 12.2 Å². The van der Waals surface area contributed by atoms with Crippen molar-refractivity contribution in [3.63, 3.8) is 0 Å². The Hall–Kier alpha value is -1.65. The molecule has 0 aromatic heterocycles. The van der Waals surface area contributed by atoms with Gasteiger partial charge in [-0.2, -0.15) is 0 Å². The standard InChI is InChI=1S/C19H34N2O3/c1-15(2)10-11-20-16(23)13-18(3,4)14-19(5,6)21(7)17(24)9-8-12-22/h8-9,12,15H,10-11,13-14H2,1-7H3,(H,20,23)/b9-8-. The molecule has 0 saturated carbocycles. The van der Waals surface area contributed by atoms with Gasteiger partial charge in [-0.05, 0) is 44.1 Å². The fourth-order valence-corrected chi connectivity index (χ4v) is 2.88. The van der Waals surface area contributed by atoms with Crippen LogP contribution in [0.5, 0.6) is 0 Å². The molecule has 0 aromatic carbocycles. The molecule has 0 aromatic rings. The van der Waals surface area contributed by atoms with Crippen molar-refractivity contribution in [3.8, 4) is 0 Å². The zero-order valence-corrected chi connectivity index (χ0v) is 16.3. The van der Waals surface area contributed by atoms with E-state index in [0.717, 1.165) is 6.42 Å². The van der Waals surface area contributed by atoms with Gasteiger partial charge in [0.15, 0.2) is 0 Å². The molecule has 0 heterocycles. The molecule has 0 aliphatic rings. The van der Waals surface area contributed by atoms with Gasteiger partial charge in [0.25, 0.3) is 0 Å². The molecule has 0 rings (SSSR count). The van der Waals surface area contributed by atoms with Crippen LogP contribution in [0.2, 0.25) is 0 Å². The van der Waals surface area contributed by atoms with Crippen LogP contribution < -0.4 is 5.32 Å². The molecular formula is C19H34N2O3. The minimum Gasteiger partial charge on any atom is -0.356 e. The van der Waals surface area contributed by atoms with Crippen molar-refractivity contribution in [2.45, 2.75) is 66.3 Å². The Morgan fingerprint density at radius 2 is 1.75 bits per heavy atom. The van der Waals surface area contributed by atoms with E-state index < -0.39 is 5.54 Å². The van der Waals surface area contributed by atoms with Gasteiger partial charge in [0.2, 0.25) is 11.8 Å². The SMILES string of the molecule is CC(C)CCNC(=O)CC(C)(C)CC(C)(C)N(C)C(=O)/C=C\C=O. The van der Waals surface area contributed by atoms with Gasteiger partial charge in [-0.25, -0.2) is 0 Å². The predicted molar refractivity (Wildman–Crippen MR) is 97.5 cm³/mol. The molecule has 138 valence electrons. The highest BCUT2D eigenvalue weighted by Gasteiger charge is 2.34. The van der Waals surface area contributed by atoms with Crippen LogP contribution in [-0.2, 0) is 14.4 Å². The number of nitrogens with one attached hydrogen (secondary N) is 1. The topological polar surface area (TPSA) is 66.5 Å². The van der Waals surface area contributed by atoms with Crippen LogP contribution in [0.15, 0.2) is 12.2 Å². The monoisotopic (exact) mass is 338 g/mol. The first-order valence-electron chi connectivity index (χ1n) is 8.57. The zero-order chi connectivity index (χ0) is 19.0. The van der Waals surface area contributed by atoms with Crippen LogP contribution in [0.4, 0.5) is 0 Å². The van der Waals surface area contributed by atoms with Gasteiger partial charge >= 0.3 is 0 Å². The first-order chi connectivity index (χ1) is 10.9. The van der Waals surface area contributed by atoms with E-state index >= 15 is 0 Å². The molecule has 0 fully saturated rings. The second-order valence-electron chi connectivity index (χ2n) is 8.26. The molecule has 0 bridgehead atoms. The lowest BCUT2D eigenvalue weighted by atomic mass is 9.77. The molecule has 5 nitrogen and oxygen atoms in total. The molecule has 1 N–H and O–H groups in total. The quantitative estimate of drug-likeness (QED) is 0.492. The third kappa shape index (κ3) is 8.85. The van der Waals surface area contributed by atoms with E-state index in [1.165, 1.54) is 12.2 Å². The average molecular weight is 338 g/mol. The van der Waals surface area contributed by atoms with Crippen LogP contribution in [0.25, 0.3) is 0 Å². The Morgan fingerprint density at radius 1 is 1.17 bits per heavy atom. The number of carbonyl (C=O) groups is 3. The van der Waals surface area contributed by atoms with Crippen molar-refractivity contribution in [2.24, 2.45) is 11.3 Å². The number of hydrogen-bond donors (Lipinski definition) is 1. The minimum absolute atomic E-state index is 0.0475. The summed E-state index contributed by atoms with van der Waals surface area (Å²) in [5, 5.41) is 2.97. The van der Waals surface area contributed by atoms with Gasteiger partial charge in [0, 0.05) is 31.6 Å². The molecule has 0 atom stereocenters. The van der Waals surface area contributed by atoms with E-state index in [-0.39, 0.29) is 17.2 Å². The number of allylic oxidation sites excluding steroid dienone is 1. The Morgan fingerprint density at radius 3 is 2.25 bits per heavy atom. The predicted octanol–water partition coefficient (Wildman–Crippen LogP) is 2.95. The number of carbonyl (C=O) groups excluding carboxylic acids is 3. The summed E-state index contributed by atoms with van der Waals surface area (Å²) in [6.07, 6.45) is 5.11. The van der Waals surface area contributed by atoms with Crippen LogP contribution in [-0.4, -0.2) is 42.1 Å². The maximum absolute atomic E-state index is 12.1. The molecule has 0 spiro atoms. The van der Waals surface area contributed by atoms with Crippen molar-refractivity contribution in [1.29, 1.82) is 0 Å². The van der Waals surface area contributed by atoms with Crippen LogP contribution in [0.1, 0.15) is 60.8 Å². The molecule has 0 radical (unpaired) electrons. The Kier molecular flexibility index (Phi) is 8.94. The van der Waals surface area contributed by atoms with Crippen LogP contribution >= 0.6 is 0 Å². The summed E-state index contributed by atoms with van der Waals surface area (Å²) in [4.78, 5) is 36.2. The molecule has 0 aliphatic carbocycles. The van der Waals surface area contributed by atoms with E-state index in [0.29, 0.717) is 31.6 Å². The summed E-state index contributed by atoms with van der Waals surface area (Å²) in [5.41, 5.74) is -0.666. The summed E-state index contributed by atoms with van der Waals surface area (Å²) in [5.74, 6) is 0.395. The molecule has 0 aliphatic heterocycles. The van der Waals surface area contributed by atoms with Gasteiger partial charge in [-0.15, -0.1) is 0 Å². The van der Waals surface area contributed by atoms with Crippen LogP contribution in [0, 0.1) is 11.3 Å². The van der Waals surface area contributed by atoms with E-state index in [2.05, 4.69) is 19.2 Å². The fraction of sp³-hybridized carbons (Fsp3) is 0.737. The Labute approximate surface area is 146 Å². The van der Waals surface area contributed by atoms with E-state index in [4.69, 9.17) is 0 Å². The number of nitrogens with zero attached hydrogens (tertiary/aromatic N) is 1. The molecule has 0 saturated heterocycles. The number of hydrogen-bond acceptors (Lipinski definition) is 3. The molecule has 0 unspecified atom stereocenters. The maximum Gasteiger partial charge on any atom is 0.246 e. The minimum atomic E-state index is -0.425. The molecule has 5 heteroatoms. The summed E-state index contributed by atoms with van der Waals surface area (Å²) in [6, 6.07) is 0. The van der Waals surface area contributed by atoms with Gasteiger partial charge < -0.3 is 10.2 Å². The van der Waals surface area contributed by atoms with E-state index in [1.54, 1.807) is 11.9 Å². The number of amides is 2. The van der Waals surface area contributed by atoms with Crippen molar-refractivity contribution in [1.82, 2.24) is 10.2 Å². The van der Waals surface area contributed by atoms with Crippen molar-refractivity contribution in [2.75, 3.05) is 13.6 Å². The summed E-state index contributed by atoms with van der Waals surface area (Å²) in [7, 11) is 1.72. The molecule has 2 amide bonds. The highest BCUT2D eigenvalue weighted by Crippen LogP contribution is 2.34. The lowest BCUT2D eigenvalue weighted by molar-refractivity contribution is -0.130. The largest absolute Gasteiger partial charge is 0.356 e. The summed E-state index contributed by atoms with van der Waals surface area (Å²) < 4.78 is 0. The van der Waals surface area contributed by atoms with Gasteiger partial charge in [-0.3, -0.25) is 14.4 Å². The van der Waals surface area contributed by atoms with Gasteiger partial charge in [0.05, 0.1) is 0 Å². The van der Waals surface area contributed by atoms with Crippen molar-refractivity contribution < 1.29 is 14.4 Å². The summed E-state index contributed by atoms with van der Waals surface area (Å²) >= 11 is 0.